The predicted octanol–water partition coefficient (Wildman–Crippen LogP) is 3.58. The first-order valence-electron chi connectivity index (χ1n) is 9.41. The first-order valence-corrected chi connectivity index (χ1v) is 9.41. The number of carboxylic acid groups (broad SMARTS) is 1. The number of hydrogen-bond acceptors (Lipinski definition) is 4. The van der Waals surface area contributed by atoms with Gasteiger partial charge in [0.15, 0.2) is 0 Å². The number of aliphatic carboxylic acids is 1. The summed E-state index contributed by atoms with van der Waals surface area (Å²) in [4.78, 5) is 14.0. The van der Waals surface area contributed by atoms with Gasteiger partial charge in [0.1, 0.15) is 11.8 Å². The lowest BCUT2D eigenvalue weighted by atomic mass is 9.83. The Labute approximate surface area is 160 Å². The summed E-state index contributed by atoms with van der Waals surface area (Å²) in [6.45, 7) is 4.84. The number of benzene rings is 2. The number of carboxylic acids is 1. The van der Waals surface area contributed by atoms with Crippen LogP contribution in [0.3, 0.4) is 0 Å². The number of aliphatic hydroxyl groups is 1. The number of ether oxygens (including phenoxy) is 1. The van der Waals surface area contributed by atoms with Crippen LogP contribution in [-0.2, 0) is 10.4 Å². The van der Waals surface area contributed by atoms with Gasteiger partial charge in [-0.05, 0) is 38.3 Å². The zero-order valence-electron chi connectivity index (χ0n) is 15.8. The molecule has 27 heavy (non-hydrogen) atoms. The molecule has 1 fully saturated rings. The molecule has 5 nitrogen and oxygen atoms in total. The van der Waals surface area contributed by atoms with Gasteiger partial charge in [-0.3, -0.25) is 9.69 Å². The van der Waals surface area contributed by atoms with Gasteiger partial charge in [0, 0.05) is 18.7 Å². The molecule has 144 valence electrons. The fourth-order valence-electron chi connectivity index (χ4n) is 3.74. The fourth-order valence-corrected chi connectivity index (χ4v) is 3.74. The largest absolute Gasteiger partial charge is 0.491 e. The van der Waals surface area contributed by atoms with Gasteiger partial charge >= 0.3 is 5.97 Å². The Balaban J connectivity index is 1.82. The Kier molecular flexibility index (Phi) is 5.82. The standard InChI is InChI=1S/C22H27NO4/c1-16(2)27-19-11-7-6-10-18(19)20(21(24)25)23-14-12-22(26,13-15-23)17-8-4-3-5-9-17/h3-11,16,20,26H,12-15H2,1-2H3,(H,24,25)/t20-/m0/s1. The average molecular weight is 369 g/mol. The van der Waals surface area contributed by atoms with Gasteiger partial charge in [0.25, 0.3) is 0 Å². The lowest BCUT2D eigenvalue weighted by Gasteiger charge is -2.41. The van der Waals surface area contributed by atoms with Crippen molar-refractivity contribution in [3.8, 4) is 5.75 Å². The summed E-state index contributed by atoms with van der Waals surface area (Å²) in [7, 11) is 0. The van der Waals surface area contributed by atoms with Crippen molar-refractivity contribution in [3.63, 3.8) is 0 Å². The van der Waals surface area contributed by atoms with Crippen LogP contribution in [0.1, 0.15) is 43.9 Å². The summed E-state index contributed by atoms with van der Waals surface area (Å²) in [6, 6.07) is 16.1. The lowest BCUT2D eigenvalue weighted by Crippen LogP contribution is -2.46. The van der Waals surface area contributed by atoms with E-state index >= 15 is 0 Å². The van der Waals surface area contributed by atoms with E-state index in [2.05, 4.69) is 0 Å². The van der Waals surface area contributed by atoms with E-state index < -0.39 is 17.6 Å². The molecule has 1 atom stereocenters. The average Bonchev–Trinajstić information content (AvgIpc) is 2.65. The molecular formula is C22H27NO4. The number of rotatable bonds is 6. The van der Waals surface area contributed by atoms with E-state index in [9.17, 15) is 15.0 Å². The van der Waals surface area contributed by atoms with E-state index in [1.165, 1.54) is 0 Å². The van der Waals surface area contributed by atoms with Gasteiger partial charge in [-0.1, -0.05) is 48.5 Å². The van der Waals surface area contributed by atoms with E-state index in [1.807, 2.05) is 73.3 Å². The van der Waals surface area contributed by atoms with E-state index in [0.717, 1.165) is 5.56 Å². The van der Waals surface area contributed by atoms with Crippen molar-refractivity contribution < 1.29 is 19.7 Å². The van der Waals surface area contributed by atoms with Gasteiger partial charge in [0.2, 0.25) is 0 Å². The summed E-state index contributed by atoms with van der Waals surface area (Å²) in [6.07, 6.45) is 0.951. The van der Waals surface area contributed by atoms with Crippen molar-refractivity contribution in [1.29, 1.82) is 0 Å². The lowest BCUT2D eigenvalue weighted by molar-refractivity contribution is -0.146. The second-order valence-electron chi connectivity index (χ2n) is 7.38. The van der Waals surface area contributed by atoms with E-state index in [-0.39, 0.29) is 6.10 Å². The number of para-hydroxylation sites is 1. The highest BCUT2D eigenvalue weighted by molar-refractivity contribution is 5.76. The molecule has 2 aromatic carbocycles. The fraction of sp³-hybridized carbons (Fsp3) is 0.409. The molecule has 3 rings (SSSR count). The van der Waals surface area contributed by atoms with Crippen molar-refractivity contribution in [2.75, 3.05) is 13.1 Å². The summed E-state index contributed by atoms with van der Waals surface area (Å²) < 4.78 is 5.84. The highest BCUT2D eigenvalue weighted by Crippen LogP contribution is 2.37. The molecule has 2 N–H and O–H groups in total. The van der Waals surface area contributed by atoms with Crippen molar-refractivity contribution in [2.45, 2.75) is 44.4 Å². The van der Waals surface area contributed by atoms with Crippen LogP contribution in [0.4, 0.5) is 0 Å². The Morgan fingerprint density at radius 2 is 1.63 bits per heavy atom. The molecule has 0 bridgehead atoms. The summed E-state index contributed by atoms with van der Waals surface area (Å²) >= 11 is 0. The molecule has 1 saturated heterocycles. The molecule has 0 spiro atoms. The SMILES string of the molecule is CC(C)Oc1ccccc1[C@@H](C(=O)O)N1CCC(O)(c2ccccc2)CC1. The monoisotopic (exact) mass is 369 g/mol. The molecule has 1 aliphatic heterocycles. The normalized spacial score (nSPS) is 18.2. The predicted molar refractivity (Wildman–Crippen MR) is 104 cm³/mol. The van der Waals surface area contributed by atoms with Crippen LogP contribution in [-0.4, -0.2) is 40.3 Å². The molecule has 0 amide bonds. The van der Waals surface area contributed by atoms with Crippen LogP contribution in [0.25, 0.3) is 0 Å². The second kappa shape index (κ2) is 8.11. The molecule has 0 unspecified atom stereocenters. The second-order valence-corrected chi connectivity index (χ2v) is 7.38. The maximum Gasteiger partial charge on any atom is 0.325 e. The highest BCUT2D eigenvalue weighted by Gasteiger charge is 2.39. The molecule has 0 saturated carbocycles. The highest BCUT2D eigenvalue weighted by atomic mass is 16.5. The third-order valence-electron chi connectivity index (χ3n) is 5.11. The number of piperidine rings is 1. The number of hydrogen-bond donors (Lipinski definition) is 2. The topological polar surface area (TPSA) is 70.0 Å². The first kappa shape index (κ1) is 19.4. The van der Waals surface area contributed by atoms with Gasteiger partial charge < -0.3 is 14.9 Å². The number of nitrogens with zero attached hydrogens (tertiary/aromatic N) is 1. The minimum atomic E-state index is -0.908. The van der Waals surface area contributed by atoms with Crippen molar-refractivity contribution in [2.24, 2.45) is 0 Å². The smallest absolute Gasteiger partial charge is 0.325 e. The van der Waals surface area contributed by atoms with Crippen LogP contribution in [0.5, 0.6) is 5.75 Å². The Hall–Kier alpha value is -2.37. The third-order valence-corrected chi connectivity index (χ3v) is 5.11. The third kappa shape index (κ3) is 4.31. The maximum absolute atomic E-state index is 12.1. The molecule has 5 heteroatoms. The Morgan fingerprint density at radius 1 is 1.04 bits per heavy atom. The minimum absolute atomic E-state index is 0.0369. The minimum Gasteiger partial charge on any atom is -0.491 e. The van der Waals surface area contributed by atoms with Gasteiger partial charge in [-0.2, -0.15) is 0 Å². The zero-order valence-corrected chi connectivity index (χ0v) is 15.8. The van der Waals surface area contributed by atoms with Crippen molar-refractivity contribution >= 4 is 5.97 Å². The molecule has 0 aliphatic carbocycles. The number of carbonyl (C=O) groups is 1. The maximum atomic E-state index is 12.1. The molecule has 0 aromatic heterocycles. The molecule has 0 radical (unpaired) electrons. The van der Waals surface area contributed by atoms with E-state index in [1.54, 1.807) is 0 Å². The first-order chi connectivity index (χ1) is 12.9. The quantitative estimate of drug-likeness (QED) is 0.814. The summed E-state index contributed by atoms with van der Waals surface area (Å²) in [5.41, 5.74) is 0.637. The van der Waals surface area contributed by atoms with E-state index in [0.29, 0.717) is 37.2 Å². The van der Waals surface area contributed by atoms with Crippen LogP contribution < -0.4 is 4.74 Å². The molecule has 1 heterocycles. The molecule has 1 aliphatic rings. The van der Waals surface area contributed by atoms with Gasteiger partial charge in [0.05, 0.1) is 11.7 Å². The van der Waals surface area contributed by atoms with Crippen LogP contribution >= 0.6 is 0 Å². The van der Waals surface area contributed by atoms with Crippen LogP contribution in [0, 0.1) is 0 Å². The Morgan fingerprint density at radius 3 is 2.22 bits per heavy atom. The van der Waals surface area contributed by atoms with Crippen LogP contribution in [0.15, 0.2) is 54.6 Å². The van der Waals surface area contributed by atoms with Crippen molar-refractivity contribution in [1.82, 2.24) is 4.90 Å². The number of likely N-dealkylation sites (tertiary alicyclic amines) is 1. The molecular weight excluding hydrogens is 342 g/mol. The van der Waals surface area contributed by atoms with Crippen LogP contribution in [0.2, 0.25) is 0 Å². The van der Waals surface area contributed by atoms with Crippen molar-refractivity contribution in [3.05, 3.63) is 65.7 Å². The van der Waals surface area contributed by atoms with Gasteiger partial charge in [-0.25, -0.2) is 0 Å². The summed E-state index contributed by atoms with van der Waals surface area (Å²) in [5.74, 6) is -0.302. The van der Waals surface area contributed by atoms with E-state index in [4.69, 9.17) is 4.74 Å². The van der Waals surface area contributed by atoms with Gasteiger partial charge in [-0.15, -0.1) is 0 Å². The zero-order chi connectivity index (χ0) is 19.4. The molecule has 2 aromatic rings. The summed E-state index contributed by atoms with van der Waals surface area (Å²) in [5, 5.41) is 21.0. The Bertz CT molecular complexity index is 767.